The van der Waals surface area contributed by atoms with Crippen LogP contribution < -0.4 is 0 Å². The van der Waals surface area contributed by atoms with Gasteiger partial charge < -0.3 is 9.80 Å². The van der Waals surface area contributed by atoms with Crippen LogP contribution in [-0.2, 0) is 0 Å². The number of likely N-dealkylation sites (N-methyl/N-ethyl adjacent to an activating group) is 1. The van der Waals surface area contributed by atoms with Crippen LogP contribution in [0.3, 0.4) is 0 Å². The zero-order valence-corrected chi connectivity index (χ0v) is 10.6. The van der Waals surface area contributed by atoms with Crippen LogP contribution in [-0.4, -0.2) is 55.7 Å². The normalized spacial score (nSPS) is 19.2. The average Bonchev–Trinajstić information content (AvgIpc) is 2.44. The number of guanidine groups is 1. The van der Waals surface area contributed by atoms with E-state index in [1.54, 1.807) is 0 Å². The van der Waals surface area contributed by atoms with Crippen LogP contribution in [0.5, 0.6) is 0 Å². The predicted octanol–water partition coefficient (Wildman–Crippen LogP) is 1.60. The van der Waals surface area contributed by atoms with Gasteiger partial charge in [-0.25, -0.2) is 9.98 Å². The molecule has 4 nitrogen and oxygen atoms in total. The minimum Gasteiger partial charge on any atom is -0.340 e. The van der Waals surface area contributed by atoms with Gasteiger partial charge >= 0.3 is 0 Å². The topological polar surface area (TPSA) is 31.2 Å². The third-order valence-corrected chi connectivity index (χ3v) is 2.58. The van der Waals surface area contributed by atoms with Crippen molar-refractivity contribution in [1.82, 2.24) is 9.80 Å². The van der Waals surface area contributed by atoms with E-state index >= 15 is 0 Å². The van der Waals surface area contributed by atoms with Gasteiger partial charge in [0.25, 0.3) is 0 Å². The van der Waals surface area contributed by atoms with E-state index in [4.69, 9.17) is 0 Å². The SMILES string of the molecule is C=N/C(=N\C=C(C)C)N1CCCN(C)CC1. The highest BCUT2D eigenvalue weighted by Crippen LogP contribution is 2.04. The quantitative estimate of drug-likeness (QED) is 0.498. The first-order chi connectivity index (χ1) is 7.63. The molecule has 1 aliphatic heterocycles. The van der Waals surface area contributed by atoms with Crippen LogP contribution >= 0.6 is 0 Å². The van der Waals surface area contributed by atoms with Crippen molar-refractivity contribution in [2.75, 3.05) is 33.2 Å². The van der Waals surface area contributed by atoms with Crippen LogP contribution in [0.15, 0.2) is 21.8 Å². The Morgan fingerprint density at radius 1 is 1.19 bits per heavy atom. The van der Waals surface area contributed by atoms with Gasteiger partial charge in [0.2, 0.25) is 5.96 Å². The fourth-order valence-corrected chi connectivity index (χ4v) is 1.66. The van der Waals surface area contributed by atoms with Crippen molar-refractivity contribution in [3.8, 4) is 0 Å². The zero-order chi connectivity index (χ0) is 12.0. The highest BCUT2D eigenvalue weighted by molar-refractivity contribution is 5.84. The maximum absolute atomic E-state index is 4.36. The van der Waals surface area contributed by atoms with Crippen LogP contribution in [0.25, 0.3) is 0 Å². The van der Waals surface area contributed by atoms with Gasteiger partial charge in [-0.1, -0.05) is 5.57 Å². The van der Waals surface area contributed by atoms with Crippen molar-refractivity contribution in [2.45, 2.75) is 20.3 Å². The summed E-state index contributed by atoms with van der Waals surface area (Å²) in [6.45, 7) is 11.8. The standard InChI is InChI=1S/C12H22N4/c1-11(2)10-14-12(13-3)16-7-5-6-15(4)8-9-16/h10H,3,5-9H2,1-2,4H3/b14-12+. The minimum atomic E-state index is 0.747. The predicted molar refractivity (Wildman–Crippen MR) is 70.1 cm³/mol. The van der Waals surface area contributed by atoms with Crippen molar-refractivity contribution < 1.29 is 0 Å². The van der Waals surface area contributed by atoms with E-state index in [-0.39, 0.29) is 0 Å². The highest BCUT2D eigenvalue weighted by Gasteiger charge is 2.14. The lowest BCUT2D eigenvalue weighted by Crippen LogP contribution is -2.33. The van der Waals surface area contributed by atoms with Gasteiger partial charge in [-0.05, 0) is 40.6 Å². The molecule has 0 aromatic heterocycles. The van der Waals surface area contributed by atoms with Crippen LogP contribution in [0, 0.1) is 0 Å². The molecule has 1 rings (SSSR count). The molecule has 90 valence electrons. The molecule has 0 atom stereocenters. The molecule has 0 radical (unpaired) electrons. The number of nitrogens with zero attached hydrogens (tertiary/aromatic N) is 4. The number of allylic oxidation sites excluding steroid dienone is 1. The summed E-state index contributed by atoms with van der Waals surface area (Å²) in [5, 5.41) is 0. The molecular weight excluding hydrogens is 200 g/mol. The molecule has 0 amide bonds. The van der Waals surface area contributed by atoms with Gasteiger partial charge in [-0.3, -0.25) is 0 Å². The Bertz CT molecular complexity index is 289. The summed E-state index contributed by atoms with van der Waals surface area (Å²) in [5.74, 6) is 0.747. The van der Waals surface area contributed by atoms with Crippen molar-refractivity contribution in [2.24, 2.45) is 9.98 Å². The number of hydrogen-bond donors (Lipinski definition) is 0. The highest BCUT2D eigenvalue weighted by atomic mass is 15.3. The summed E-state index contributed by atoms with van der Waals surface area (Å²) in [5.41, 5.74) is 1.17. The second kappa shape index (κ2) is 6.43. The molecule has 0 bridgehead atoms. The Morgan fingerprint density at radius 2 is 1.94 bits per heavy atom. The molecule has 1 aliphatic rings. The Kier molecular flexibility index (Phi) is 5.19. The first-order valence-corrected chi connectivity index (χ1v) is 5.75. The van der Waals surface area contributed by atoms with Gasteiger partial charge in [0.15, 0.2) is 0 Å². The molecule has 16 heavy (non-hydrogen) atoms. The van der Waals surface area contributed by atoms with Gasteiger partial charge in [-0.2, -0.15) is 0 Å². The van der Waals surface area contributed by atoms with Crippen LogP contribution in [0.1, 0.15) is 20.3 Å². The largest absolute Gasteiger partial charge is 0.340 e. The summed E-state index contributed by atoms with van der Waals surface area (Å²) in [4.78, 5) is 12.9. The monoisotopic (exact) mass is 222 g/mol. The number of rotatable bonds is 1. The second-order valence-corrected chi connectivity index (χ2v) is 4.44. The van der Waals surface area contributed by atoms with Gasteiger partial charge in [0, 0.05) is 25.8 Å². The summed E-state index contributed by atoms with van der Waals surface area (Å²) in [6.07, 6.45) is 3.00. The van der Waals surface area contributed by atoms with Crippen LogP contribution in [0.4, 0.5) is 0 Å². The third kappa shape index (κ3) is 4.14. The fourth-order valence-electron chi connectivity index (χ4n) is 1.66. The van der Waals surface area contributed by atoms with Gasteiger partial charge in [0.1, 0.15) is 0 Å². The molecule has 0 aromatic rings. The lowest BCUT2D eigenvalue weighted by Gasteiger charge is -2.20. The fraction of sp³-hybridized carbons (Fsp3) is 0.667. The van der Waals surface area contributed by atoms with Gasteiger partial charge in [-0.15, -0.1) is 0 Å². The molecular formula is C12H22N4. The molecule has 1 fully saturated rings. The van der Waals surface area contributed by atoms with Crippen molar-refractivity contribution in [3.05, 3.63) is 11.8 Å². The van der Waals surface area contributed by atoms with E-state index in [0.29, 0.717) is 0 Å². The smallest absolute Gasteiger partial charge is 0.224 e. The Hall–Kier alpha value is -1.16. The summed E-state index contributed by atoms with van der Waals surface area (Å²) in [7, 11) is 2.15. The maximum Gasteiger partial charge on any atom is 0.224 e. The Balaban J connectivity index is 2.68. The molecule has 0 unspecified atom stereocenters. The minimum absolute atomic E-state index is 0.747. The molecule has 0 N–H and O–H groups in total. The third-order valence-electron chi connectivity index (χ3n) is 2.58. The van der Waals surface area contributed by atoms with E-state index in [1.807, 2.05) is 20.0 Å². The number of aliphatic imine (C=N–C) groups is 2. The molecule has 4 heteroatoms. The van der Waals surface area contributed by atoms with E-state index in [0.717, 1.165) is 38.6 Å². The second-order valence-electron chi connectivity index (χ2n) is 4.44. The average molecular weight is 222 g/mol. The van der Waals surface area contributed by atoms with Crippen molar-refractivity contribution >= 4 is 12.7 Å². The van der Waals surface area contributed by atoms with Crippen LogP contribution in [0.2, 0.25) is 0 Å². The zero-order valence-electron chi connectivity index (χ0n) is 10.6. The van der Waals surface area contributed by atoms with Crippen molar-refractivity contribution in [3.63, 3.8) is 0 Å². The Labute approximate surface area is 98.4 Å². The summed E-state index contributed by atoms with van der Waals surface area (Å²) >= 11 is 0. The first-order valence-electron chi connectivity index (χ1n) is 5.75. The first kappa shape index (κ1) is 12.9. The summed E-state index contributed by atoms with van der Waals surface area (Å²) in [6, 6.07) is 0. The lowest BCUT2D eigenvalue weighted by molar-refractivity contribution is 0.345. The molecule has 0 aromatic carbocycles. The van der Waals surface area contributed by atoms with E-state index < -0.39 is 0 Å². The van der Waals surface area contributed by atoms with Crippen molar-refractivity contribution in [1.29, 1.82) is 0 Å². The van der Waals surface area contributed by atoms with E-state index in [1.165, 1.54) is 5.57 Å². The molecule has 0 aliphatic carbocycles. The molecule has 1 heterocycles. The van der Waals surface area contributed by atoms with Gasteiger partial charge in [0.05, 0.1) is 0 Å². The maximum atomic E-state index is 4.36. The molecule has 0 saturated carbocycles. The molecule has 0 spiro atoms. The van der Waals surface area contributed by atoms with E-state index in [2.05, 4.69) is 33.5 Å². The lowest BCUT2D eigenvalue weighted by atomic mass is 10.4. The summed E-state index contributed by atoms with van der Waals surface area (Å²) < 4.78 is 0. The molecule has 1 saturated heterocycles. The van der Waals surface area contributed by atoms with E-state index in [9.17, 15) is 0 Å². The number of hydrogen-bond acceptors (Lipinski definition) is 2. The Morgan fingerprint density at radius 3 is 2.56 bits per heavy atom.